The molecule has 1 amide bonds. The maximum atomic E-state index is 12.4. The number of carbonyl (C=O) groups excluding carboxylic acids is 1. The van der Waals surface area contributed by atoms with Crippen molar-refractivity contribution in [3.8, 4) is 5.75 Å². The maximum absolute atomic E-state index is 12.4. The van der Waals surface area contributed by atoms with Gasteiger partial charge in [-0.2, -0.15) is 0 Å². The Hall–Kier alpha value is -2.44. The Kier molecular flexibility index (Phi) is 5.08. The van der Waals surface area contributed by atoms with Gasteiger partial charge in [0.25, 0.3) is 0 Å². The molecule has 24 heavy (non-hydrogen) atoms. The van der Waals surface area contributed by atoms with Gasteiger partial charge < -0.3 is 9.64 Å². The molecule has 0 radical (unpaired) electrons. The molecule has 1 aliphatic rings. The number of carbonyl (C=O) groups is 1. The van der Waals surface area contributed by atoms with Gasteiger partial charge in [-0.1, -0.05) is 19.1 Å². The molecular formula is C17H23N5O2. The van der Waals surface area contributed by atoms with Crippen molar-refractivity contribution in [2.75, 3.05) is 13.1 Å². The summed E-state index contributed by atoms with van der Waals surface area (Å²) in [6.07, 6.45) is 2.77. The number of rotatable bonds is 5. The highest BCUT2D eigenvalue weighted by molar-refractivity contribution is 5.78. The monoisotopic (exact) mass is 329 g/mol. The summed E-state index contributed by atoms with van der Waals surface area (Å²) < 4.78 is 7.24. The highest BCUT2D eigenvalue weighted by Gasteiger charge is 2.20. The zero-order valence-electron chi connectivity index (χ0n) is 14.2. The quantitative estimate of drug-likeness (QED) is 0.833. The minimum atomic E-state index is 0.209. The van der Waals surface area contributed by atoms with E-state index in [1.807, 2.05) is 29.2 Å². The third kappa shape index (κ3) is 4.10. The van der Waals surface area contributed by atoms with E-state index in [0.29, 0.717) is 24.8 Å². The lowest BCUT2D eigenvalue weighted by Crippen LogP contribution is -2.39. The third-order valence-electron chi connectivity index (χ3n) is 4.36. The lowest BCUT2D eigenvalue weighted by atomic mass is 9.99. The Balaban J connectivity index is 1.52. The van der Waals surface area contributed by atoms with Gasteiger partial charge in [0.1, 0.15) is 12.4 Å². The Labute approximate surface area is 141 Å². The van der Waals surface area contributed by atoms with Crippen molar-refractivity contribution in [2.24, 2.45) is 13.0 Å². The number of ether oxygens (including phenoxy) is 1. The summed E-state index contributed by atoms with van der Waals surface area (Å²) in [5, 5.41) is 11.2. The second-order valence-electron chi connectivity index (χ2n) is 6.42. The Morgan fingerprint density at radius 3 is 2.79 bits per heavy atom. The fourth-order valence-corrected chi connectivity index (χ4v) is 2.92. The average Bonchev–Trinajstić information content (AvgIpc) is 2.99. The molecule has 0 bridgehead atoms. The number of tetrazole rings is 1. The molecule has 2 heterocycles. The van der Waals surface area contributed by atoms with E-state index in [2.05, 4.69) is 22.4 Å². The van der Waals surface area contributed by atoms with E-state index in [0.717, 1.165) is 30.8 Å². The van der Waals surface area contributed by atoms with Gasteiger partial charge >= 0.3 is 0 Å². The average molecular weight is 329 g/mol. The summed E-state index contributed by atoms with van der Waals surface area (Å²) in [6.45, 7) is 4.29. The fraction of sp³-hybridized carbons (Fsp3) is 0.529. The molecule has 7 nitrogen and oxygen atoms in total. The lowest BCUT2D eigenvalue weighted by Gasteiger charge is -2.31. The van der Waals surface area contributed by atoms with E-state index in [4.69, 9.17) is 4.74 Å². The standard InChI is InChI=1S/C17H23N5O2/c1-13-4-3-9-22(11-13)17(23)10-14-5-7-15(8-6-14)24-12-16-18-19-20-21(16)2/h5-8,13H,3-4,9-12H2,1-2H3/t13-/m1/s1. The smallest absolute Gasteiger partial charge is 0.226 e. The van der Waals surface area contributed by atoms with E-state index in [1.54, 1.807) is 11.7 Å². The van der Waals surface area contributed by atoms with Crippen LogP contribution in [0.1, 0.15) is 31.2 Å². The topological polar surface area (TPSA) is 73.1 Å². The third-order valence-corrected chi connectivity index (χ3v) is 4.36. The summed E-state index contributed by atoms with van der Waals surface area (Å²) in [6, 6.07) is 7.64. The second kappa shape index (κ2) is 7.42. The molecule has 1 aromatic carbocycles. The first-order valence-corrected chi connectivity index (χ1v) is 8.32. The van der Waals surface area contributed by atoms with Crippen LogP contribution in [0.4, 0.5) is 0 Å². The van der Waals surface area contributed by atoms with Crippen molar-refractivity contribution in [1.82, 2.24) is 25.1 Å². The van der Waals surface area contributed by atoms with Gasteiger partial charge in [0.15, 0.2) is 5.82 Å². The van der Waals surface area contributed by atoms with Crippen LogP contribution < -0.4 is 4.74 Å². The van der Waals surface area contributed by atoms with E-state index in [9.17, 15) is 4.79 Å². The number of aromatic nitrogens is 4. The first kappa shape index (κ1) is 16.4. The molecule has 1 aromatic heterocycles. The highest BCUT2D eigenvalue weighted by Crippen LogP contribution is 2.18. The predicted octanol–water partition coefficient (Wildman–Crippen LogP) is 1.59. The van der Waals surface area contributed by atoms with Crippen LogP contribution in [0, 0.1) is 5.92 Å². The van der Waals surface area contributed by atoms with Crippen LogP contribution >= 0.6 is 0 Å². The Morgan fingerprint density at radius 1 is 1.33 bits per heavy atom. The van der Waals surface area contributed by atoms with Gasteiger partial charge in [0, 0.05) is 20.1 Å². The van der Waals surface area contributed by atoms with E-state index in [1.165, 1.54) is 6.42 Å². The summed E-state index contributed by atoms with van der Waals surface area (Å²) in [5.41, 5.74) is 1.01. The number of aryl methyl sites for hydroxylation is 1. The van der Waals surface area contributed by atoms with Gasteiger partial charge in [0.05, 0.1) is 6.42 Å². The van der Waals surface area contributed by atoms with Crippen LogP contribution in [0.2, 0.25) is 0 Å². The first-order valence-electron chi connectivity index (χ1n) is 8.32. The summed E-state index contributed by atoms with van der Waals surface area (Å²) in [5.74, 6) is 2.21. The van der Waals surface area contributed by atoms with E-state index < -0.39 is 0 Å². The maximum Gasteiger partial charge on any atom is 0.226 e. The SMILES string of the molecule is C[C@@H]1CCCN(C(=O)Cc2ccc(OCc3nnnn3C)cc2)C1. The van der Waals surface area contributed by atoms with Crippen LogP contribution in [0.3, 0.4) is 0 Å². The molecule has 1 fully saturated rings. The van der Waals surface area contributed by atoms with Crippen molar-refractivity contribution in [2.45, 2.75) is 32.8 Å². The molecule has 7 heteroatoms. The summed E-state index contributed by atoms with van der Waals surface area (Å²) >= 11 is 0. The lowest BCUT2D eigenvalue weighted by molar-refractivity contribution is -0.132. The van der Waals surface area contributed by atoms with Gasteiger partial charge in [0.2, 0.25) is 5.91 Å². The van der Waals surface area contributed by atoms with Crippen molar-refractivity contribution in [1.29, 1.82) is 0 Å². The number of piperidine rings is 1. The molecule has 0 unspecified atom stereocenters. The van der Waals surface area contributed by atoms with Crippen LogP contribution in [0.15, 0.2) is 24.3 Å². The van der Waals surface area contributed by atoms with Gasteiger partial charge in [-0.15, -0.1) is 5.10 Å². The molecule has 0 spiro atoms. The Bertz CT molecular complexity index is 683. The number of nitrogens with zero attached hydrogens (tertiary/aromatic N) is 5. The molecular weight excluding hydrogens is 306 g/mol. The highest BCUT2D eigenvalue weighted by atomic mass is 16.5. The van der Waals surface area contributed by atoms with Gasteiger partial charge in [-0.3, -0.25) is 4.79 Å². The predicted molar refractivity (Wildman–Crippen MR) is 88.3 cm³/mol. The molecule has 3 rings (SSSR count). The number of benzene rings is 1. The van der Waals surface area contributed by atoms with Crippen molar-refractivity contribution in [3.05, 3.63) is 35.7 Å². The van der Waals surface area contributed by atoms with Gasteiger partial charge in [-0.05, 0) is 46.9 Å². The number of hydrogen-bond donors (Lipinski definition) is 0. The van der Waals surface area contributed by atoms with Crippen molar-refractivity contribution >= 4 is 5.91 Å². The number of amides is 1. The first-order chi connectivity index (χ1) is 11.6. The van der Waals surface area contributed by atoms with Crippen LogP contribution in [0.5, 0.6) is 5.75 Å². The zero-order valence-corrected chi connectivity index (χ0v) is 14.2. The van der Waals surface area contributed by atoms with Crippen LogP contribution in [-0.2, 0) is 24.9 Å². The van der Waals surface area contributed by atoms with Crippen LogP contribution in [-0.4, -0.2) is 44.1 Å². The molecule has 2 aromatic rings. The van der Waals surface area contributed by atoms with E-state index in [-0.39, 0.29) is 5.91 Å². The second-order valence-corrected chi connectivity index (χ2v) is 6.42. The fourth-order valence-electron chi connectivity index (χ4n) is 2.92. The zero-order chi connectivity index (χ0) is 16.9. The molecule has 1 aliphatic heterocycles. The number of likely N-dealkylation sites (tertiary alicyclic amines) is 1. The van der Waals surface area contributed by atoms with Crippen molar-refractivity contribution < 1.29 is 9.53 Å². The molecule has 0 saturated carbocycles. The molecule has 0 aliphatic carbocycles. The number of hydrogen-bond acceptors (Lipinski definition) is 5. The minimum absolute atomic E-state index is 0.209. The summed E-state index contributed by atoms with van der Waals surface area (Å²) in [4.78, 5) is 14.4. The van der Waals surface area contributed by atoms with Gasteiger partial charge in [-0.25, -0.2) is 4.68 Å². The Morgan fingerprint density at radius 2 is 2.12 bits per heavy atom. The molecule has 1 saturated heterocycles. The summed E-state index contributed by atoms with van der Waals surface area (Å²) in [7, 11) is 1.77. The molecule has 1 atom stereocenters. The normalized spacial score (nSPS) is 17.8. The van der Waals surface area contributed by atoms with Crippen molar-refractivity contribution in [3.63, 3.8) is 0 Å². The van der Waals surface area contributed by atoms with E-state index >= 15 is 0 Å². The molecule has 0 N–H and O–H groups in total. The largest absolute Gasteiger partial charge is 0.486 e. The van der Waals surface area contributed by atoms with Crippen LogP contribution in [0.25, 0.3) is 0 Å². The molecule has 128 valence electrons. The minimum Gasteiger partial charge on any atom is -0.486 e.